The van der Waals surface area contributed by atoms with Crippen molar-refractivity contribution in [3.05, 3.63) is 51.4 Å². The van der Waals surface area contributed by atoms with E-state index >= 15 is 0 Å². The van der Waals surface area contributed by atoms with Crippen molar-refractivity contribution in [1.82, 2.24) is 14.9 Å². The van der Waals surface area contributed by atoms with Gasteiger partial charge in [0, 0.05) is 37.3 Å². The van der Waals surface area contributed by atoms with E-state index in [1.165, 1.54) is 6.07 Å². The van der Waals surface area contributed by atoms with E-state index in [-0.39, 0.29) is 42.4 Å². The highest BCUT2D eigenvalue weighted by atomic mass is 35.5. The van der Waals surface area contributed by atoms with Gasteiger partial charge in [-0.15, -0.1) is 0 Å². The molecule has 0 saturated carbocycles. The van der Waals surface area contributed by atoms with Gasteiger partial charge in [-0.25, -0.2) is 4.39 Å². The second-order valence-corrected chi connectivity index (χ2v) is 12.7. The second kappa shape index (κ2) is 11.3. The number of nitrogens with zero attached hydrogens (tertiary/aromatic N) is 4. The number of nitrogens with two attached hydrogens (primary N) is 2. The smallest absolute Gasteiger partial charge is 0.418 e. The average Bonchev–Trinajstić information content (AvgIpc) is 3.42. The molecule has 0 aliphatic carbocycles. The van der Waals surface area contributed by atoms with Crippen molar-refractivity contribution in [2.45, 2.75) is 62.6 Å². The van der Waals surface area contributed by atoms with E-state index < -0.39 is 28.4 Å². The quantitative estimate of drug-likeness (QED) is 0.364. The van der Waals surface area contributed by atoms with Crippen LogP contribution >= 0.6 is 11.6 Å². The number of hydrogen-bond acceptors (Lipinski definition) is 9. The summed E-state index contributed by atoms with van der Waals surface area (Å²) in [6.07, 6.45) is -2.65. The number of alkyl halides is 3. The van der Waals surface area contributed by atoms with Crippen LogP contribution in [0.25, 0.3) is 0 Å². The fourth-order valence-corrected chi connectivity index (χ4v) is 7.17. The number of ether oxygens (including phenoxy) is 3. The molecule has 1 aromatic carbocycles. The van der Waals surface area contributed by atoms with E-state index in [9.17, 15) is 17.6 Å². The minimum absolute atomic E-state index is 0.0142. The number of nitrogen functional groups attached to an aromatic ring is 1. The number of benzene rings is 1. The number of rotatable bonds is 5. The molecule has 4 N–H and O–H groups in total. The van der Waals surface area contributed by atoms with Crippen LogP contribution in [0.15, 0.2) is 24.0 Å². The molecule has 5 heterocycles. The Labute approximate surface area is 252 Å². The molecule has 0 amide bonds. The van der Waals surface area contributed by atoms with Crippen molar-refractivity contribution < 1.29 is 31.8 Å². The second-order valence-electron chi connectivity index (χ2n) is 12.3. The summed E-state index contributed by atoms with van der Waals surface area (Å²) < 4.78 is 73.7. The summed E-state index contributed by atoms with van der Waals surface area (Å²) in [5.74, 6) is 0.541. The maximum Gasteiger partial charge on any atom is 0.418 e. The lowest BCUT2D eigenvalue weighted by atomic mass is 9.94. The number of fused-ring (bicyclic) bond motifs is 2. The van der Waals surface area contributed by atoms with Gasteiger partial charge < -0.3 is 30.6 Å². The molecule has 3 atom stereocenters. The molecule has 234 valence electrons. The highest BCUT2D eigenvalue weighted by molar-refractivity contribution is 6.31. The van der Waals surface area contributed by atoms with Gasteiger partial charge >= 0.3 is 12.2 Å². The summed E-state index contributed by atoms with van der Waals surface area (Å²) in [5, 5.41) is -0.491. The van der Waals surface area contributed by atoms with Gasteiger partial charge in [-0.05, 0) is 56.0 Å². The third-order valence-corrected chi connectivity index (χ3v) is 9.03. The van der Waals surface area contributed by atoms with E-state index in [0.717, 1.165) is 31.0 Å². The Balaban J connectivity index is 1.37. The van der Waals surface area contributed by atoms with Gasteiger partial charge in [-0.3, -0.25) is 4.90 Å². The lowest BCUT2D eigenvalue weighted by molar-refractivity contribution is -0.139. The van der Waals surface area contributed by atoms with Gasteiger partial charge in [0.2, 0.25) is 0 Å². The van der Waals surface area contributed by atoms with Crippen LogP contribution in [0, 0.1) is 0 Å². The average molecular weight is 627 g/mol. The van der Waals surface area contributed by atoms with Crippen molar-refractivity contribution in [3.8, 4) is 6.01 Å². The summed E-state index contributed by atoms with van der Waals surface area (Å²) in [6.45, 7) is 5.19. The Morgan fingerprint density at radius 2 is 2.07 bits per heavy atom. The molecular weight excluding hydrogens is 592 g/mol. The zero-order valence-electron chi connectivity index (χ0n) is 23.9. The van der Waals surface area contributed by atoms with Crippen LogP contribution in [0.3, 0.4) is 0 Å². The molecule has 1 unspecified atom stereocenters. The van der Waals surface area contributed by atoms with Crippen molar-refractivity contribution in [2.24, 2.45) is 5.73 Å². The molecule has 0 radical (unpaired) electrons. The summed E-state index contributed by atoms with van der Waals surface area (Å²) in [7, 11) is 0. The summed E-state index contributed by atoms with van der Waals surface area (Å²) >= 11 is 6.04. The number of anilines is 2. The Kier molecular flexibility index (Phi) is 7.99. The van der Waals surface area contributed by atoms with Gasteiger partial charge in [-0.1, -0.05) is 11.6 Å². The van der Waals surface area contributed by atoms with E-state index in [2.05, 4.69) is 4.90 Å². The van der Waals surface area contributed by atoms with E-state index in [0.29, 0.717) is 62.7 Å². The third kappa shape index (κ3) is 6.02. The lowest BCUT2D eigenvalue weighted by Gasteiger charge is -2.34. The zero-order valence-corrected chi connectivity index (χ0v) is 24.6. The molecule has 4 aliphatic heterocycles. The lowest BCUT2D eigenvalue weighted by Crippen LogP contribution is -2.50. The fraction of sp³-hybridized carbons (Fsp3) is 0.586. The normalized spacial score (nSPS) is 29.0. The molecule has 3 saturated heterocycles. The standard InChI is InChI=1S/C29H35ClF4N6O3/c1-27(36)14-39(5-6-41-15-27)25-20-13-42-23(19-7-18(35)8-21(30)24(19)29(32,33)34)9-22(20)37-26(38-25)43-16-28-3-2-4-40(28)12-17(10-28)11-31/h7-8,11,23H,2-6,9-10,12-16,35-36H2,1H3/b17-11-/t23-,27?,28-/m0/s1. The maximum atomic E-state index is 14.1. The van der Waals surface area contributed by atoms with Crippen LogP contribution < -0.4 is 21.1 Å². The SMILES string of the molecule is CC1(N)COCCN(c2nc(OC[C@@]34CCCN3C/C(=C\F)C4)nc3c2CO[C@H](c2cc(N)cc(Cl)c2C(F)(F)F)C3)C1. The first-order valence-corrected chi connectivity index (χ1v) is 14.7. The minimum Gasteiger partial charge on any atom is -0.461 e. The zero-order chi connectivity index (χ0) is 30.6. The molecule has 14 heteroatoms. The minimum atomic E-state index is -4.72. The van der Waals surface area contributed by atoms with Gasteiger partial charge in [0.05, 0.1) is 59.6 Å². The molecular formula is C29H35ClF4N6O3. The van der Waals surface area contributed by atoms with Gasteiger partial charge in [0.25, 0.3) is 0 Å². The Hall–Kier alpha value is -2.71. The van der Waals surface area contributed by atoms with Gasteiger partial charge in [0.1, 0.15) is 12.4 Å². The first-order chi connectivity index (χ1) is 20.4. The van der Waals surface area contributed by atoms with Crippen molar-refractivity contribution in [3.63, 3.8) is 0 Å². The predicted octanol–water partition coefficient (Wildman–Crippen LogP) is 4.57. The van der Waals surface area contributed by atoms with Crippen molar-refractivity contribution in [2.75, 3.05) is 56.6 Å². The Morgan fingerprint density at radius 3 is 2.84 bits per heavy atom. The first kappa shape index (κ1) is 30.3. The van der Waals surface area contributed by atoms with Crippen LogP contribution in [0.5, 0.6) is 6.01 Å². The number of hydrogen-bond donors (Lipinski definition) is 2. The molecule has 0 spiro atoms. The summed E-state index contributed by atoms with van der Waals surface area (Å²) in [6, 6.07) is 2.43. The van der Waals surface area contributed by atoms with Crippen LogP contribution in [-0.4, -0.2) is 71.9 Å². The van der Waals surface area contributed by atoms with Crippen molar-refractivity contribution >= 4 is 23.1 Å². The summed E-state index contributed by atoms with van der Waals surface area (Å²) in [5.41, 5.74) is 12.2. The van der Waals surface area contributed by atoms with Gasteiger partial charge in [0.15, 0.2) is 0 Å². The Bertz CT molecular complexity index is 1420. The van der Waals surface area contributed by atoms with E-state index in [4.69, 9.17) is 47.2 Å². The fourth-order valence-electron chi connectivity index (χ4n) is 6.83. The van der Waals surface area contributed by atoms with Crippen molar-refractivity contribution in [1.29, 1.82) is 0 Å². The van der Waals surface area contributed by atoms with Crippen LogP contribution in [0.2, 0.25) is 5.02 Å². The van der Waals surface area contributed by atoms with Gasteiger partial charge in [-0.2, -0.15) is 23.1 Å². The third-order valence-electron chi connectivity index (χ3n) is 8.74. The molecule has 1 aromatic heterocycles. The summed E-state index contributed by atoms with van der Waals surface area (Å²) in [4.78, 5) is 13.7. The van der Waals surface area contributed by atoms with Crippen LogP contribution in [0.1, 0.15) is 54.7 Å². The molecule has 43 heavy (non-hydrogen) atoms. The van der Waals surface area contributed by atoms with E-state index in [1.54, 1.807) is 0 Å². The highest BCUT2D eigenvalue weighted by Gasteiger charge is 2.47. The Morgan fingerprint density at radius 1 is 1.26 bits per heavy atom. The largest absolute Gasteiger partial charge is 0.461 e. The molecule has 4 aliphatic rings. The van der Waals surface area contributed by atoms with Crippen LogP contribution in [0.4, 0.5) is 29.1 Å². The number of halogens is 5. The monoisotopic (exact) mass is 626 g/mol. The highest BCUT2D eigenvalue weighted by Crippen LogP contribution is 2.45. The molecule has 9 nitrogen and oxygen atoms in total. The van der Waals surface area contributed by atoms with Crippen LogP contribution in [-0.2, 0) is 28.7 Å². The first-order valence-electron chi connectivity index (χ1n) is 14.3. The molecule has 6 rings (SSSR count). The molecule has 0 bridgehead atoms. The predicted molar refractivity (Wildman–Crippen MR) is 153 cm³/mol. The van der Waals surface area contributed by atoms with E-state index in [1.807, 2.05) is 11.8 Å². The molecule has 3 fully saturated rings. The number of aromatic nitrogens is 2. The maximum absolute atomic E-state index is 14.1. The topological polar surface area (TPSA) is 112 Å². The molecule has 2 aromatic rings.